The molecule has 0 amide bonds. The molecule has 1 heterocycles. The van der Waals surface area contributed by atoms with Gasteiger partial charge in [0, 0.05) is 44.0 Å². The van der Waals surface area contributed by atoms with Crippen molar-refractivity contribution in [2.45, 2.75) is 58.3 Å². The van der Waals surface area contributed by atoms with E-state index in [0.29, 0.717) is 0 Å². The molecule has 2 aliphatic carbocycles. The Morgan fingerprint density at radius 3 is 1.83 bits per heavy atom. The summed E-state index contributed by atoms with van der Waals surface area (Å²) in [5.74, 6) is 0. The molecule has 0 radical (unpaired) electrons. The number of benzene rings is 7. The summed E-state index contributed by atoms with van der Waals surface area (Å²) in [6, 6.07) is 50.7. The van der Waals surface area contributed by atoms with Crippen LogP contribution >= 0.6 is 0 Å². The van der Waals surface area contributed by atoms with E-state index in [2.05, 4.69) is 202 Å². The van der Waals surface area contributed by atoms with Gasteiger partial charge in [-0.05, 0) is 82.8 Å². The normalized spacial score (nSPS) is 16.3. The lowest BCUT2D eigenvalue weighted by atomic mass is 9.81. The number of allylic oxidation sites excluding steroid dienone is 2. The average molecular weight is 715 g/mol. The molecule has 0 aliphatic heterocycles. The number of aromatic nitrogens is 1. The van der Waals surface area contributed by atoms with Gasteiger partial charge in [-0.25, -0.2) is 0 Å². The van der Waals surface area contributed by atoms with Crippen LogP contribution in [-0.4, -0.2) is 18.7 Å². The lowest BCUT2D eigenvalue weighted by molar-refractivity contribution is 0.659. The van der Waals surface area contributed by atoms with Crippen LogP contribution in [0, 0.1) is 0 Å². The molecule has 2 aliphatic rings. The first-order valence-corrected chi connectivity index (χ1v) is 23.0. The minimum absolute atomic E-state index is 0.185. The Morgan fingerprint density at radius 2 is 1.20 bits per heavy atom. The lowest BCUT2D eigenvalue weighted by Crippen LogP contribution is -2.38. The molecular formula is C51H46N2Si. The maximum atomic E-state index is 2.67. The highest BCUT2D eigenvalue weighted by molar-refractivity contribution is 6.90. The summed E-state index contributed by atoms with van der Waals surface area (Å²) in [4.78, 5) is 2.67. The highest BCUT2D eigenvalue weighted by Gasteiger charge is 2.39. The van der Waals surface area contributed by atoms with Crippen molar-refractivity contribution < 1.29 is 0 Å². The zero-order valence-electron chi connectivity index (χ0n) is 32.1. The fraction of sp³-hybridized carbons (Fsp3) is 0.176. The molecule has 0 saturated heterocycles. The Morgan fingerprint density at radius 1 is 0.611 bits per heavy atom. The van der Waals surface area contributed by atoms with E-state index in [1.165, 1.54) is 93.4 Å². The van der Waals surface area contributed by atoms with E-state index in [1.807, 2.05) is 0 Å². The summed E-state index contributed by atoms with van der Waals surface area (Å²) < 4.78 is 2.45. The minimum atomic E-state index is -1.60. The molecule has 7 aromatic carbocycles. The average Bonchev–Trinajstić information content (AvgIpc) is 3.63. The van der Waals surface area contributed by atoms with Crippen molar-refractivity contribution in [2.75, 3.05) is 4.90 Å². The van der Waals surface area contributed by atoms with E-state index >= 15 is 0 Å². The Balaban J connectivity index is 1.21. The second-order valence-electron chi connectivity index (χ2n) is 17.0. The van der Waals surface area contributed by atoms with E-state index in [4.69, 9.17) is 0 Å². The van der Waals surface area contributed by atoms with E-state index in [0.717, 1.165) is 6.42 Å². The van der Waals surface area contributed by atoms with E-state index < -0.39 is 8.07 Å². The maximum absolute atomic E-state index is 2.67. The smallest absolute Gasteiger partial charge is 0.0784 e. The largest absolute Gasteiger partial charge is 0.333 e. The van der Waals surface area contributed by atoms with Crippen LogP contribution in [0.25, 0.3) is 60.2 Å². The third-order valence-electron chi connectivity index (χ3n) is 12.3. The summed E-state index contributed by atoms with van der Waals surface area (Å²) in [7, 11) is -1.60. The number of rotatable bonds is 5. The SMILES string of the molecule is CC1=CCC(N(c2ccc([Si](C)(C)C)c3ccccc23)c2cc3c(c4ccccc24)-c2ccc(-n4c5ccccc5c5ccccc54)cc2C3(C)C)C=C1. The number of fused-ring (bicyclic) bond motifs is 9. The van der Waals surface area contributed by atoms with Crippen molar-refractivity contribution in [3.05, 3.63) is 168 Å². The van der Waals surface area contributed by atoms with Gasteiger partial charge in [-0.15, -0.1) is 0 Å². The van der Waals surface area contributed by atoms with E-state index in [1.54, 1.807) is 0 Å². The fourth-order valence-corrected chi connectivity index (χ4v) is 11.2. The molecule has 0 N–H and O–H groups in total. The van der Waals surface area contributed by atoms with Crippen LogP contribution in [0.1, 0.15) is 38.3 Å². The first-order valence-electron chi connectivity index (χ1n) is 19.5. The highest BCUT2D eigenvalue weighted by Crippen LogP contribution is 2.55. The topological polar surface area (TPSA) is 8.17 Å². The molecule has 1 aromatic heterocycles. The van der Waals surface area contributed by atoms with E-state index in [9.17, 15) is 0 Å². The zero-order valence-corrected chi connectivity index (χ0v) is 33.1. The van der Waals surface area contributed by atoms with Crippen LogP contribution in [-0.2, 0) is 5.41 Å². The van der Waals surface area contributed by atoms with Gasteiger partial charge in [0.2, 0.25) is 0 Å². The molecule has 1 unspecified atom stereocenters. The Bertz CT molecular complexity index is 2840. The van der Waals surface area contributed by atoms with Gasteiger partial charge >= 0.3 is 0 Å². The second-order valence-corrected chi connectivity index (χ2v) is 22.0. The number of hydrogen-bond acceptors (Lipinski definition) is 1. The molecule has 0 bridgehead atoms. The van der Waals surface area contributed by atoms with Gasteiger partial charge in [0.15, 0.2) is 0 Å². The summed E-state index contributed by atoms with van der Waals surface area (Å²) in [6.07, 6.45) is 8.10. The monoisotopic (exact) mass is 714 g/mol. The molecule has 10 rings (SSSR count). The Hall–Kier alpha value is -5.64. The molecule has 3 heteroatoms. The molecule has 0 fully saturated rings. The number of nitrogens with zero attached hydrogens (tertiary/aromatic N) is 2. The third-order valence-corrected chi connectivity index (χ3v) is 14.4. The fourth-order valence-electron chi connectivity index (χ4n) is 9.63. The predicted octanol–water partition coefficient (Wildman–Crippen LogP) is 13.4. The van der Waals surface area contributed by atoms with Crippen molar-refractivity contribution in [3.8, 4) is 16.8 Å². The minimum Gasteiger partial charge on any atom is -0.333 e. The van der Waals surface area contributed by atoms with Gasteiger partial charge in [-0.1, -0.05) is 160 Å². The Labute approximate surface area is 319 Å². The molecule has 0 saturated carbocycles. The van der Waals surface area contributed by atoms with Gasteiger partial charge in [0.05, 0.1) is 25.1 Å². The number of hydrogen-bond donors (Lipinski definition) is 0. The lowest BCUT2D eigenvalue weighted by Gasteiger charge is -2.36. The number of para-hydroxylation sites is 2. The Kier molecular flexibility index (Phi) is 7.28. The van der Waals surface area contributed by atoms with Crippen LogP contribution in [0.2, 0.25) is 19.6 Å². The molecule has 54 heavy (non-hydrogen) atoms. The highest BCUT2D eigenvalue weighted by atomic mass is 28.3. The quantitative estimate of drug-likeness (QED) is 0.161. The predicted molar refractivity (Wildman–Crippen MR) is 236 cm³/mol. The van der Waals surface area contributed by atoms with Gasteiger partial charge in [-0.2, -0.15) is 0 Å². The van der Waals surface area contributed by atoms with Crippen LogP contribution in [0.15, 0.2) is 157 Å². The summed E-state index contributed by atoms with van der Waals surface area (Å²) in [6.45, 7) is 14.5. The molecule has 0 spiro atoms. The first-order chi connectivity index (χ1) is 26.1. The molecule has 264 valence electrons. The van der Waals surface area contributed by atoms with E-state index in [-0.39, 0.29) is 11.5 Å². The molecular weight excluding hydrogens is 669 g/mol. The van der Waals surface area contributed by atoms with Crippen LogP contribution in [0.4, 0.5) is 11.4 Å². The first kappa shape index (κ1) is 33.0. The molecule has 1 atom stereocenters. The third kappa shape index (κ3) is 4.84. The van der Waals surface area contributed by atoms with Gasteiger partial charge in [-0.3, -0.25) is 0 Å². The van der Waals surface area contributed by atoms with Crippen LogP contribution < -0.4 is 10.1 Å². The van der Waals surface area contributed by atoms with Crippen molar-refractivity contribution in [3.63, 3.8) is 0 Å². The molecule has 8 aromatic rings. The van der Waals surface area contributed by atoms with Gasteiger partial charge in [0.25, 0.3) is 0 Å². The molecule has 2 nitrogen and oxygen atoms in total. The van der Waals surface area contributed by atoms with Crippen LogP contribution in [0.5, 0.6) is 0 Å². The summed E-state index contributed by atoms with van der Waals surface area (Å²) >= 11 is 0. The van der Waals surface area contributed by atoms with Crippen molar-refractivity contribution >= 4 is 68.0 Å². The van der Waals surface area contributed by atoms with Gasteiger partial charge < -0.3 is 9.47 Å². The second kappa shape index (κ2) is 11.9. The number of anilines is 2. The van der Waals surface area contributed by atoms with Crippen molar-refractivity contribution in [1.29, 1.82) is 0 Å². The van der Waals surface area contributed by atoms with Crippen molar-refractivity contribution in [1.82, 2.24) is 4.57 Å². The summed E-state index contributed by atoms with van der Waals surface area (Å²) in [5, 5.41) is 9.44. The maximum Gasteiger partial charge on any atom is 0.0784 e. The zero-order chi connectivity index (χ0) is 36.9. The standard InChI is InChI=1S/C51H46N2Si/c1-33-23-25-34(26-24-33)52(47-29-30-49(54(4,5)6)40-19-9-7-17-38(40)47)48-32-44-50(41-20-10-8-18-39(41)48)42-28-27-35(31-43(42)51(44,2)3)53-45-21-13-11-15-36(45)37-16-12-14-22-46(37)53/h7-25,27-32,34H,26H2,1-6H3. The summed E-state index contributed by atoms with van der Waals surface area (Å²) in [5.41, 5.74) is 12.9. The van der Waals surface area contributed by atoms with Crippen LogP contribution in [0.3, 0.4) is 0 Å². The van der Waals surface area contributed by atoms with Crippen molar-refractivity contribution in [2.24, 2.45) is 0 Å². The van der Waals surface area contributed by atoms with Gasteiger partial charge in [0.1, 0.15) is 0 Å².